The molecule has 0 spiro atoms. The monoisotopic (exact) mass is 243 g/mol. The van der Waals surface area contributed by atoms with E-state index >= 15 is 0 Å². The van der Waals surface area contributed by atoms with Crippen molar-refractivity contribution in [1.29, 1.82) is 0 Å². The predicted molar refractivity (Wildman–Crippen MR) is 74.6 cm³/mol. The van der Waals surface area contributed by atoms with E-state index in [0.717, 1.165) is 24.4 Å². The van der Waals surface area contributed by atoms with Crippen LogP contribution in [0.15, 0.2) is 24.3 Å². The molecule has 18 heavy (non-hydrogen) atoms. The number of hydrogen-bond donors (Lipinski definition) is 1. The molecule has 1 saturated heterocycles. The molecule has 2 unspecified atom stereocenters. The van der Waals surface area contributed by atoms with Gasteiger partial charge in [0.05, 0.1) is 11.0 Å². The summed E-state index contributed by atoms with van der Waals surface area (Å²) in [4.78, 5) is 4.76. The molecule has 2 aromatic rings. The summed E-state index contributed by atoms with van der Waals surface area (Å²) in [6, 6.07) is 9.06. The lowest BCUT2D eigenvalue weighted by atomic mass is 9.92. The van der Waals surface area contributed by atoms with Gasteiger partial charge in [-0.2, -0.15) is 0 Å². The van der Waals surface area contributed by atoms with E-state index < -0.39 is 0 Å². The maximum absolute atomic E-state index is 4.76. The number of benzene rings is 1. The van der Waals surface area contributed by atoms with E-state index in [1.807, 2.05) is 0 Å². The number of rotatable bonds is 2. The number of aryl methyl sites for hydroxylation is 1. The summed E-state index contributed by atoms with van der Waals surface area (Å²) in [5.74, 6) is 1.95. The van der Waals surface area contributed by atoms with Crippen LogP contribution in [0, 0.1) is 5.92 Å². The number of fused-ring (bicyclic) bond motifs is 1. The molecular formula is C15H21N3. The number of nitrogens with one attached hydrogen (secondary N) is 1. The van der Waals surface area contributed by atoms with Gasteiger partial charge in [0.25, 0.3) is 0 Å². The number of nitrogens with zero attached hydrogens (tertiary/aromatic N) is 2. The summed E-state index contributed by atoms with van der Waals surface area (Å²) in [5, 5.41) is 3.57. The molecule has 0 radical (unpaired) electrons. The van der Waals surface area contributed by atoms with Gasteiger partial charge in [-0.25, -0.2) is 4.98 Å². The standard InChI is InChI=1S/C15H21N3/c1-11-7-8-12(10-16-11)9-15-17-13-5-3-4-6-14(13)18(15)2/h3-6,11-12,16H,7-10H2,1-2H3. The lowest BCUT2D eigenvalue weighted by Gasteiger charge is -2.27. The zero-order valence-corrected chi connectivity index (χ0v) is 11.2. The Morgan fingerprint density at radius 3 is 2.89 bits per heavy atom. The molecule has 1 aromatic heterocycles. The molecule has 3 rings (SSSR count). The molecule has 1 N–H and O–H groups in total. The van der Waals surface area contributed by atoms with Crippen molar-refractivity contribution in [2.75, 3.05) is 6.54 Å². The number of piperidine rings is 1. The Morgan fingerprint density at radius 1 is 1.33 bits per heavy atom. The van der Waals surface area contributed by atoms with E-state index in [4.69, 9.17) is 4.98 Å². The largest absolute Gasteiger partial charge is 0.331 e. The van der Waals surface area contributed by atoms with Gasteiger partial charge in [0.2, 0.25) is 0 Å². The van der Waals surface area contributed by atoms with Gasteiger partial charge in [-0.05, 0) is 44.4 Å². The minimum Gasteiger partial charge on any atom is -0.331 e. The van der Waals surface area contributed by atoms with E-state index in [1.54, 1.807) is 0 Å². The highest BCUT2D eigenvalue weighted by molar-refractivity contribution is 5.75. The first-order chi connectivity index (χ1) is 8.74. The second kappa shape index (κ2) is 4.73. The number of aromatic nitrogens is 2. The number of imidazole rings is 1. The van der Waals surface area contributed by atoms with E-state index in [2.05, 4.69) is 48.1 Å². The quantitative estimate of drug-likeness (QED) is 0.878. The molecule has 3 heteroatoms. The van der Waals surface area contributed by atoms with Crippen LogP contribution in [0.5, 0.6) is 0 Å². The van der Waals surface area contributed by atoms with Crippen LogP contribution in [-0.2, 0) is 13.5 Å². The Bertz CT molecular complexity index is 536. The molecule has 1 aliphatic rings. The van der Waals surface area contributed by atoms with Gasteiger partial charge in [0.1, 0.15) is 5.82 Å². The van der Waals surface area contributed by atoms with Gasteiger partial charge in [-0.15, -0.1) is 0 Å². The highest BCUT2D eigenvalue weighted by Crippen LogP contribution is 2.21. The molecule has 0 bridgehead atoms. The van der Waals surface area contributed by atoms with Crippen molar-refractivity contribution >= 4 is 11.0 Å². The van der Waals surface area contributed by atoms with E-state index in [-0.39, 0.29) is 0 Å². The van der Waals surface area contributed by atoms with Crippen LogP contribution in [-0.4, -0.2) is 22.1 Å². The van der Waals surface area contributed by atoms with Crippen molar-refractivity contribution < 1.29 is 0 Å². The third-order valence-electron chi connectivity index (χ3n) is 4.11. The van der Waals surface area contributed by atoms with Crippen LogP contribution >= 0.6 is 0 Å². The summed E-state index contributed by atoms with van der Waals surface area (Å²) in [5.41, 5.74) is 2.36. The summed E-state index contributed by atoms with van der Waals surface area (Å²) in [7, 11) is 2.13. The van der Waals surface area contributed by atoms with Gasteiger partial charge in [-0.3, -0.25) is 0 Å². The van der Waals surface area contributed by atoms with Gasteiger partial charge in [0, 0.05) is 19.5 Å². The summed E-state index contributed by atoms with van der Waals surface area (Å²) in [6.07, 6.45) is 3.69. The maximum atomic E-state index is 4.76. The summed E-state index contributed by atoms with van der Waals surface area (Å²) in [6.45, 7) is 3.40. The van der Waals surface area contributed by atoms with Crippen molar-refractivity contribution in [2.24, 2.45) is 13.0 Å². The Labute approximate surface area is 108 Å². The Balaban J connectivity index is 1.80. The van der Waals surface area contributed by atoms with Gasteiger partial charge in [0.15, 0.2) is 0 Å². The molecule has 1 fully saturated rings. The van der Waals surface area contributed by atoms with Gasteiger partial charge in [-0.1, -0.05) is 12.1 Å². The van der Waals surface area contributed by atoms with Crippen LogP contribution in [0.2, 0.25) is 0 Å². The van der Waals surface area contributed by atoms with Crippen molar-refractivity contribution in [3.05, 3.63) is 30.1 Å². The number of para-hydroxylation sites is 2. The van der Waals surface area contributed by atoms with Gasteiger partial charge < -0.3 is 9.88 Å². The molecule has 0 amide bonds. The van der Waals surface area contributed by atoms with Crippen molar-refractivity contribution in [1.82, 2.24) is 14.9 Å². The Kier molecular flexibility index (Phi) is 3.08. The van der Waals surface area contributed by atoms with Crippen molar-refractivity contribution in [3.63, 3.8) is 0 Å². The molecule has 2 atom stereocenters. The van der Waals surface area contributed by atoms with Crippen LogP contribution < -0.4 is 5.32 Å². The summed E-state index contributed by atoms with van der Waals surface area (Å²) >= 11 is 0. The van der Waals surface area contributed by atoms with Crippen LogP contribution in [0.1, 0.15) is 25.6 Å². The molecular weight excluding hydrogens is 222 g/mol. The fraction of sp³-hybridized carbons (Fsp3) is 0.533. The van der Waals surface area contributed by atoms with Crippen LogP contribution in [0.4, 0.5) is 0 Å². The second-order valence-electron chi connectivity index (χ2n) is 5.53. The zero-order chi connectivity index (χ0) is 12.5. The molecule has 1 aromatic carbocycles. The smallest absolute Gasteiger partial charge is 0.109 e. The van der Waals surface area contributed by atoms with E-state index in [0.29, 0.717) is 6.04 Å². The SMILES string of the molecule is CC1CCC(Cc2nc3ccccc3n2C)CN1. The first-order valence-corrected chi connectivity index (χ1v) is 6.88. The Morgan fingerprint density at radius 2 is 2.17 bits per heavy atom. The molecule has 96 valence electrons. The average molecular weight is 243 g/mol. The summed E-state index contributed by atoms with van der Waals surface area (Å²) < 4.78 is 2.24. The van der Waals surface area contributed by atoms with Crippen molar-refractivity contribution in [3.8, 4) is 0 Å². The molecule has 3 nitrogen and oxygen atoms in total. The van der Waals surface area contributed by atoms with E-state index in [9.17, 15) is 0 Å². The zero-order valence-electron chi connectivity index (χ0n) is 11.2. The second-order valence-corrected chi connectivity index (χ2v) is 5.53. The third kappa shape index (κ3) is 2.15. The van der Waals surface area contributed by atoms with E-state index in [1.165, 1.54) is 24.2 Å². The minimum atomic E-state index is 0.682. The fourth-order valence-electron chi connectivity index (χ4n) is 2.87. The average Bonchev–Trinajstić information content (AvgIpc) is 2.70. The van der Waals surface area contributed by atoms with Crippen LogP contribution in [0.25, 0.3) is 11.0 Å². The predicted octanol–water partition coefficient (Wildman–Crippen LogP) is 2.50. The van der Waals surface area contributed by atoms with Gasteiger partial charge >= 0.3 is 0 Å². The lowest BCUT2D eigenvalue weighted by molar-refractivity contribution is 0.317. The lowest BCUT2D eigenvalue weighted by Crippen LogP contribution is -2.37. The third-order valence-corrected chi connectivity index (χ3v) is 4.11. The van der Waals surface area contributed by atoms with Crippen LogP contribution in [0.3, 0.4) is 0 Å². The molecule has 2 heterocycles. The molecule has 0 aliphatic carbocycles. The first-order valence-electron chi connectivity index (χ1n) is 6.88. The molecule has 1 aliphatic heterocycles. The normalized spacial score (nSPS) is 24.6. The fourth-order valence-corrected chi connectivity index (χ4v) is 2.87. The maximum Gasteiger partial charge on any atom is 0.109 e. The highest BCUT2D eigenvalue weighted by Gasteiger charge is 2.20. The Hall–Kier alpha value is -1.35. The van der Waals surface area contributed by atoms with Crippen molar-refractivity contribution in [2.45, 2.75) is 32.2 Å². The first kappa shape index (κ1) is 11.7. The topological polar surface area (TPSA) is 29.9 Å². The highest BCUT2D eigenvalue weighted by atomic mass is 15.1. The number of hydrogen-bond acceptors (Lipinski definition) is 2. The minimum absolute atomic E-state index is 0.682. The molecule has 0 saturated carbocycles.